The van der Waals surface area contributed by atoms with Gasteiger partial charge >= 0.3 is 0 Å². The van der Waals surface area contributed by atoms with Crippen LogP contribution in [0, 0.1) is 6.92 Å². The number of nitrogens with two attached hydrogens (primary N) is 1. The minimum absolute atomic E-state index is 0.0920. The molecule has 2 rings (SSSR count). The molecule has 0 unspecified atom stereocenters. The lowest BCUT2D eigenvalue weighted by molar-refractivity contribution is 0.103. The van der Waals surface area contributed by atoms with Crippen molar-refractivity contribution >= 4 is 11.5 Å². The van der Waals surface area contributed by atoms with E-state index in [0.717, 1.165) is 5.69 Å². The molecule has 2 aromatic rings. The minimum atomic E-state index is -0.0920. The van der Waals surface area contributed by atoms with E-state index in [1.54, 1.807) is 36.5 Å². The Morgan fingerprint density at radius 1 is 1.19 bits per heavy atom. The number of rotatable bonds is 2. The highest BCUT2D eigenvalue weighted by molar-refractivity contribution is 6.11. The van der Waals surface area contributed by atoms with Gasteiger partial charge in [-0.3, -0.25) is 9.78 Å². The van der Waals surface area contributed by atoms with Crippen LogP contribution in [0.1, 0.15) is 21.6 Å². The van der Waals surface area contributed by atoms with Crippen molar-refractivity contribution in [2.24, 2.45) is 0 Å². The number of aromatic nitrogens is 1. The van der Waals surface area contributed by atoms with E-state index in [4.69, 9.17) is 5.73 Å². The summed E-state index contributed by atoms with van der Waals surface area (Å²) in [5.41, 5.74) is 8.21. The smallest absolute Gasteiger partial charge is 0.196 e. The first-order chi connectivity index (χ1) is 7.68. The van der Waals surface area contributed by atoms with Crippen LogP contribution in [0.4, 0.5) is 5.69 Å². The van der Waals surface area contributed by atoms with Crippen LogP contribution in [-0.2, 0) is 0 Å². The molecule has 0 radical (unpaired) electrons. The minimum Gasteiger partial charge on any atom is -0.398 e. The van der Waals surface area contributed by atoms with Crippen LogP contribution < -0.4 is 5.73 Å². The van der Waals surface area contributed by atoms with E-state index in [-0.39, 0.29) is 5.78 Å². The molecule has 0 aliphatic heterocycles. The molecule has 0 saturated carbocycles. The molecule has 3 nitrogen and oxygen atoms in total. The lowest BCUT2D eigenvalue weighted by atomic mass is 10.0. The van der Waals surface area contributed by atoms with Crippen molar-refractivity contribution < 1.29 is 4.79 Å². The van der Waals surface area contributed by atoms with E-state index in [1.165, 1.54) is 0 Å². The largest absolute Gasteiger partial charge is 0.398 e. The number of aryl methyl sites for hydroxylation is 1. The fourth-order valence-electron chi connectivity index (χ4n) is 1.46. The lowest BCUT2D eigenvalue weighted by Gasteiger charge is -2.04. The third-order valence-corrected chi connectivity index (χ3v) is 2.38. The number of benzene rings is 1. The Labute approximate surface area is 93.9 Å². The molecule has 1 heterocycles. The first-order valence-corrected chi connectivity index (χ1v) is 5.00. The van der Waals surface area contributed by atoms with Crippen LogP contribution in [0.15, 0.2) is 42.6 Å². The van der Waals surface area contributed by atoms with E-state index in [2.05, 4.69) is 4.98 Å². The predicted octanol–water partition coefficient (Wildman–Crippen LogP) is 2.20. The van der Waals surface area contributed by atoms with Crippen molar-refractivity contribution in [2.45, 2.75) is 6.92 Å². The molecule has 2 N–H and O–H groups in total. The first-order valence-electron chi connectivity index (χ1n) is 5.00. The SMILES string of the molecule is Cc1ccc(C(=O)c2ccccc2N)cn1. The Balaban J connectivity index is 2.40. The molecule has 0 saturated heterocycles. The Kier molecular flexibility index (Phi) is 2.68. The Hall–Kier alpha value is -2.16. The molecular formula is C13H12N2O. The van der Waals surface area contributed by atoms with Crippen LogP contribution in [0.2, 0.25) is 0 Å². The summed E-state index contributed by atoms with van der Waals surface area (Å²) in [5, 5.41) is 0. The topological polar surface area (TPSA) is 56.0 Å². The number of anilines is 1. The standard InChI is InChI=1S/C13H12N2O/c1-9-6-7-10(8-15-9)13(16)11-4-2-3-5-12(11)14/h2-8H,14H2,1H3. The van der Waals surface area contributed by atoms with Crippen molar-refractivity contribution in [1.82, 2.24) is 4.98 Å². The normalized spacial score (nSPS) is 10.1. The van der Waals surface area contributed by atoms with Gasteiger partial charge in [-0.15, -0.1) is 0 Å². The number of nitrogens with zero attached hydrogens (tertiary/aromatic N) is 1. The molecule has 1 aromatic carbocycles. The van der Waals surface area contributed by atoms with Crippen molar-refractivity contribution in [3.05, 3.63) is 59.4 Å². The maximum Gasteiger partial charge on any atom is 0.196 e. The highest BCUT2D eigenvalue weighted by Gasteiger charge is 2.11. The van der Waals surface area contributed by atoms with E-state index >= 15 is 0 Å². The number of hydrogen-bond acceptors (Lipinski definition) is 3. The summed E-state index contributed by atoms with van der Waals surface area (Å²) in [7, 11) is 0. The highest BCUT2D eigenvalue weighted by Crippen LogP contribution is 2.15. The second kappa shape index (κ2) is 4.14. The van der Waals surface area contributed by atoms with Crippen molar-refractivity contribution in [2.75, 3.05) is 5.73 Å². The van der Waals surface area contributed by atoms with Gasteiger partial charge in [0.25, 0.3) is 0 Å². The molecule has 80 valence electrons. The zero-order valence-corrected chi connectivity index (χ0v) is 8.97. The Morgan fingerprint density at radius 2 is 1.94 bits per heavy atom. The number of hydrogen-bond donors (Lipinski definition) is 1. The van der Waals surface area contributed by atoms with Gasteiger partial charge in [-0.1, -0.05) is 12.1 Å². The summed E-state index contributed by atoms with van der Waals surface area (Å²) >= 11 is 0. The van der Waals surface area contributed by atoms with E-state index in [0.29, 0.717) is 16.8 Å². The second-order valence-corrected chi connectivity index (χ2v) is 3.60. The third kappa shape index (κ3) is 1.93. The molecule has 0 aliphatic rings. The van der Waals surface area contributed by atoms with Gasteiger partial charge < -0.3 is 5.73 Å². The maximum atomic E-state index is 12.1. The van der Waals surface area contributed by atoms with Crippen LogP contribution in [0.3, 0.4) is 0 Å². The number of pyridine rings is 1. The maximum absolute atomic E-state index is 12.1. The van der Waals surface area contributed by atoms with E-state index in [9.17, 15) is 4.79 Å². The van der Waals surface area contributed by atoms with Crippen LogP contribution in [0.5, 0.6) is 0 Å². The van der Waals surface area contributed by atoms with E-state index < -0.39 is 0 Å². The van der Waals surface area contributed by atoms with Crippen LogP contribution in [-0.4, -0.2) is 10.8 Å². The summed E-state index contributed by atoms with van der Waals surface area (Å²) in [6, 6.07) is 10.6. The van der Waals surface area contributed by atoms with Gasteiger partial charge in [0.2, 0.25) is 0 Å². The van der Waals surface area contributed by atoms with Gasteiger partial charge in [0.15, 0.2) is 5.78 Å². The number of ketones is 1. The fraction of sp³-hybridized carbons (Fsp3) is 0.0769. The fourth-order valence-corrected chi connectivity index (χ4v) is 1.46. The first kappa shape index (κ1) is 10.4. The Morgan fingerprint density at radius 3 is 2.56 bits per heavy atom. The molecule has 0 bridgehead atoms. The average molecular weight is 212 g/mol. The van der Waals surface area contributed by atoms with Gasteiger partial charge in [0, 0.05) is 28.7 Å². The van der Waals surface area contributed by atoms with Crippen LogP contribution in [0.25, 0.3) is 0 Å². The van der Waals surface area contributed by atoms with Crippen molar-refractivity contribution in [3.8, 4) is 0 Å². The highest BCUT2D eigenvalue weighted by atomic mass is 16.1. The van der Waals surface area contributed by atoms with Crippen LogP contribution >= 0.6 is 0 Å². The second-order valence-electron chi connectivity index (χ2n) is 3.60. The molecule has 0 fully saturated rings. The predicted molar refractivity (Wildman–Crippen MR) is 63.3 cm³/mol. The van der Waals surface area contributed by atoms with Gasteiger partial charge in [-0.2, -0.15) is 0 Å². The quantitative estimate of drug-likeness (QED) is 0.613. The number of carbonyl (C=O) groups excluding carboxylic acids is 1. The zero-order chi connectivity index (χ0) is 11.5. The summed E-state index contributed by atoms with van der Waals surface area (Å²) in [6.45, 7) is 1.88. The van der Waals surface area contributed by atoms with Crippen molar-refractivity contribution in [1.29, 1.82) is 0 Å². The van der Waals surface area contributed by atoms with Gasteiger partial charge in [0.05, 0.1) is 0 Å². The third-order valence-electron chi connectivity index (χ3n) is 2.38. The molecular weight excluding hydrogens is 200 g/mol. The van der Waals surface area contributed by atoms with Gasteiger partial charge in [-0.25, -0.2) is 0 Å². The summed E-state index contributed by atoms with van der Waals surface area (Å²) in [5.74, 6) is -0.0920. The number of nitrogen functional groups attached to an aromatic ring is 1. The lowest BCUT2D eigenvalue weighted by Crippen LogP contribution is -2.05. The monoisotopic (exact) mass is 212 g/mol. The number of carbonyl (C=O) groups is 1. The molecule has 0 atom stereocenters. The van der Waals surface area contributed by atoms with Gasteiger partial charge in [-0.05, 0) is 31.2 Å². The summed E-state index contributed by atoms with van der Waals surface area (Å²) in [6.07, 6.45) is 1.57. The molecule has 3 heteroatoms. The summed E-state index contributed by atoms with van der Waals surface area (Å²) < 4.78 is 0. The summed E-state index contributed by atoms with van der Waals surface area (Å²) in [4.78, 5) is 16.2. The molecule has 0 amide bonds. The molecule has 0 aliphatic carbocycles. The molecule has 1 aromatic heterocycles. The van der Waals surface area contributed by atoms with E-state index in [1.807, 2.05) is 13.0 Å². The van der Waals surface area contributed by atoms with Crippen molar-refractivity contribution in [3.63, 3.8) is 0 Å². The molecule has 0 spiro atoms. The zero-order valence-electron chi connectivity index (χ0n) is 8.97. The molecule has 16 heavy (non-hydrogen) atoms. The average Bonchev–Trinajstić information content (AvgIpc) is 2.30. The Bertz CT molecular complexity index is 518. The van der Waals surface area contributed by atoms with Gasteiger partial charge in [0.1, 0.15) is 0 Å². The number of para-hydroxylation sites is 1.